The van der Waals surface area contributed by atoms with E-state index >= 15 is 0 Å². The average Bonchev–Trinajstić information content (AvgIpc) is 3.07. The Hall–Kier alpha value is -2.98. The van der Waals surface area contributed by atoms with Crippen LogP contribution >= 0.6 is 0 Å². The van der Waals surface area contributed by atoms with Crippen molar-refractivity contribution in [1.29, 1.82) is 0 Å². The van der Waals surface area contributed by atoms with Gasteiger partial charge < -0.3 is 43.0 Å². The highest BCUT2D eigenvalue weighted by molar-refractivity contribution is 5.99. The lowest BCUT2D eigenvalue weighted by Crippen LogP contribution is -2.67. The fraction of sp³-hybridized carbons (Fsp3) is 0.706. The number of hydrogen-bond acceptors (Lipinski definition) is 14. The molecule has 2 saturated heterocycles. The standard InChI is InChI=1S/C34H51NO13/c1-7-9-16-42-28-24(35-20(3)26(38)23-14-12-11-13-15-23)18-45-25(19-44-21(4)36)29(28)47-34-32(46-22(5)37)30(43-17-10-8-2)27(39)31(48-34)33(40)41-6/h11-15,20,24-25,27-32,34-35,39H,7-10,16-19H2,1-6H3/t20?,24-,25?,27+,28-,29-,30?,31-,32+,34?/m1/s1. The second-order valence-electron chi connectivity index (χ2n) is 11.9. The molecule has 0 amide bonds. The number of aliphatic hydroxyl groups excluding tert-OH is 1. The van der Waals surface area contributed by atoms with Crippen LogP contribution in [0.5, 0.6) is 0 Å². The quantitative estimate of drug-likeness (QED) is 0.0998. The van der Waals surface area contributed by atoms with Gasteiger partial charge in [-0.05, 0) is 19.8 Å². The maximum Gasteiger partial charge on any atom is 0.337 e. The third kappa shape index (κ3) is 11.0. The maximum absolute atomic E-state index is 13.3. The van der Waals surface area contributed by atoms with Crippen molar-refractivity contribution in [2.45, 2.75) is 121 Å². The van der Waals surface area contributed by atoms with E-state index in [-0.39, 0.29) is 25.6 Å². The number of unbranched alkanes of at least 4 members (excludes halogenated alkanes) is 2. The number of ether oxygens (including phenoxy) is 8. The molecule has 0 aromatic heterocycles. The third-order valence-electron chi connectivity index (χ3n) is 8.11. The van der Waals surface area contributed by atoms with Gasteiger partial charge >= 0.3 is 17.9 Å². The molecule has 48 heavy (non-hydrogen) atoms. The first-order valence-corrected chi connectivity index (χ1v) is 16.6. The molecule has 0 radical (unpaired) electrons. The van der Waals surface area contributed by atoms with Gasteiger partial charge in [-0.1, -0.05) is 57.0 Å². The summed E-state index contributed by atoms with van der Waals surface area (Å²) in [6.45, 7) is 8.53. The van der Waals surface area contributed by atoms with Gasteiger partial charge in [0, 0.05) is 32.6 Å². The Morgan fingerprint density at radius 1 is 0.938 bits per heavy atom. The van der Waals surface area contributed by atoms with Crippen molar-refractivity contribution in [3.63, 3.8) is 0 Å². The summed E-state index contributed by atoms with van der Waals surface area (Å²) in [4.78, 5) is 50.2. The smallest absolute Gasteiger partial charge is 0.337 e. The van der Waals surface area contributed by atoms with Crippen molar-refractivity contribution >= 4 is 23.7 Å². The van der Waals surface area contributed by atoms with Crippen LogP contribution < -0.4 is 5.32 Å². The molecular weight excluding hydrogens is 630 g/mol. The van der Waals surface area contributed by atoms with E-state index in [1.807, 2.05) is 19.9 Å². The lowest BCUT2D eigenvalue weighted by atomic mass is 9.94. The summed E-state index contributed by atoms with van der Waals surface area (Å²) >= 11 is 0. The lowest BCUT2D eigenvalue weighted by Gasteiger charge is -2.47. The number of ketones is 1. The molecule has 0 saturated carbocycles. The second kappa shape index (κ2) is 19.9. The van der Waals surface area contributed by atoms with E-state index in [9.17, 15) is 24.3 Å². The zero-order valence-electron chi connectivity index (χ0n) is 28.7. The van der Waals surface area contributed by atoms with Crippen molar-refractivity contribution in [2.75, 3.05) is 33.5 Å². The molecule has 1 aromatic rings. The summed E-state index contributed by atoms with van der Waals surface area (Å²) in [5.74, 6) is -2.28. The van der Waals surface area contributed by atoms with Crippen LogP contribution in [0.15, 0.2) is 30.3 Å². The minimum atomic E-state index is -1.56. The Balaban J connectivity index is 2.01. The Labute approximate surface area is 282 Å². The van der Waals surface area contributed by atoms with Crippen LogP contribution in [-0.2, 0) is 52.3 Å². The van der Waals surface area contributed by atoms with Gasteiger partial charge in [0.2, 0.25) is 0 Å². The first-order chi connectivity index (χ1) is 23.0. The van der Waals surface area contributed by atoms with Gasteiger partial charge in [-0.2, -0.15) is 0 Å². The van der Waals surface area contributed by atoms with Gasteiger partial charge in [0.25, 0.3) is 0 Å². The maximum atomic E-state index is 13.3. The molecule has 3 rings (SSSR count). The number of nitrogens with one attached hydrogen (secondary N) is 1. The van der Waals surface area contributed by atoms with Gasteiger partial charge in [-0.3, -0.25) is 19.7 Å². The van der Waals surface area contributed by atoms with Crippen LogP contribution in [0.3, 0.4) is 0 Å². The highest BCUT2D eigenvalue weighted by Gasteiger charge is 2.54. The Morgan fingerprint density at radius 3 is 2.17 bits per heavy atom. The van der Waals surface area contributed by atoms with Gasteiger partial charge in [-0.25, -0.2) is 4.79 Å². The first-order valence-electron chi connectivity index (χ1n) is 16.6. The lowest BCUT2D eigenvalue weighted by molar-refractivity contribution is -0.334. The van der Waals surface area contributed by atoms with Crippen molar-refractivity contribution in [3.8, 4) is 0 Å². The average molecular weight is 682 g/mol. The zero-order chi connectivity index (χ0) is 35.2. The minimum absolute atomic E-state index is 0.0696. The second-order valence-corrected chi connectivity index (χ2v) is 11.9. The Morgan fingerprint density at radius 2 is 1.58 bits per heavy atom. The third-order valence-corrected chi connectivity index (χ3v) is 8.11. The highest BCUT2D eigenvalue weighted by Crippen LogP contribution is 2.32. The van der Waals surface area contributed by atoms with Crippen LogP contribution in [0, 0.1) is 0 Å². The van der Waals surface area contributed by atoms with E-state index in [0.717, 1.165) is 20.0 Å². The van der Waals surface area contributed by atoms with Crippen LogP contribution in [0.2, 0.25) is 0 Å². The number of esters is 3. The molecule has 1 aromatic carbocycles. The van der Waals surface area contributed by atoms with E-state index in [1.54, 1.807) is 31.2 Å². The molecule has 2 N–H and O–H groups in total. The van der Waals surface area contributed by atoms with Crippen LogP contribution in [0.25, 0.3) is 0 Å². The molecule has 14 nitrogen and oxygen atoms in total. The van der Waals surface area contributed by atoms with Crippen LogP contribution in [-0.4, -0.2) is 123 Å². The van der Waals surface area contributed by atoms with Crippen molar-refractivity contribution in [2.24, 2.45) is 0 Å². The van der Waals surface area contributed by atoms with Crippen molar-refractivity contribution in [3.05, 3.63) is 35.9 Å². The molecule has 2 aliphatic heterocycles. The molecule has 4 unspecified atom stereocenters. The molecule has 10 atom stereocenters. The summed E-state index contributed by atoms with van der Waals surface area (Å²) in [5.41, 5.74) is 0.527. The fourth-order valence-corrected chi connectivity index (χ4v) is 5.60. The predicted octanol–water partition coefficient (Wildman–Crippen LogP) is 2.12. The number of methoxy groups -OCH3 is 1. The number of hydrogen-bond donors (Lipinski definition) is 2. The molecule has 0 bridgehead atoms. The molecule has 14 heteroatoms. The fourth-order valence-electron chi connectivity index (χ4n) is 5.60. The van der Waals surface area contributed by atoms with Crippen LogP contribution in [0.4, 0.5) is 0 Å². The molecule has 0 spiro atoms. The number of benzene rings is 1. The molecule has 2 fully saturated rings. The summed E-state index contributed by atoms with van der Waals surface area (Å²) in [5, 5.41) is 14.5. The van der Waals surface area contributed by atoms with E-state index in [1.165, 1.54) is 13.8 Å². The normalized spacial score (nSPS) is 29.4. The van der Waals surface area contributed by atoms with E-state index in [2.05, 4.69) is 5.32 Å². The monoisotopic (exact) mass is 681 g/mol. The van der Waals surface area contributed by atoms with E-state index in [4.69, 9.17) is 37.9 Å². The van der Waals surface area contributed by atoms with Gasteiger partial charge in [0.05, 0.1) is 25.8 Å². The number of carbonyl (C=O) groups excluding carboxylic acids is 4. The van der Waals surface area contributed by atoms with Gasteiger partial charge in [0.15, 0.2) is 24.3 Å². The summed E-state index contributed by atoms with van der Waals surface area (Å²) in [6, 6.07) is 7.60. The van der Waals surface area contributed by atoms with Crippen molar-refractivity contribution in [1.82, 2.24) is 5.32 Å². The topological polar surface area (TPSA) is 174 Å². The number of carbonyl (C=O) groups is 4. The molecule has 270 valence electrons. The van der Waals surface area contributed by atoms with E-state index < -0.39 is 79.0 Å². The van der Waals surface area contributed by atoms with E-state index in [0.29, 0.717) is 25.0 Å². The van der Waals surface area contributed by atoms with Crippen LogP contribution in [0.1, 0.15) is 70.7 Å². The Bertz CT molecular complexity index is 1170. The predicted molar refractivity (Wildman–Crippen MR) is 170 cm³/mol. The van der Waals surface area contributed by atoms with Crippen molar-refractivity contribution < 1.29 is 62.2 Å². The SMILES string of the molecule is CCCCOC1[C@H](OC(C)=O)C(O[C@@H]2C(COC(C)=O)OC[C@@H](NC(C)C(=O)c3ccccc3)[C@H]2OCCCC)O[C@@H](C(=O)OC)[C@H]1O. The molecule has 2 heterocycles. The number of rotatable bonds is 18. The molecule has 0 aliphatic carbocycles. The molecular formula is C34H51NO13. The highest BCUT2D eigenvalue weighted by atomic mass is 16.7. The number of Topliss-reactive ketones (excluding diaryl/α,β-unsaturated/α-hetero) is 1. The summed E-state index contributed by atoms with van der Waals surface area (Å²) in [7, 11) is 1.15. The summed E-state index contributed by atoms with van der Waals surface area (Å²) < 4.78 is 46.9. The zero-order valence-corrected chi connectivity index (χ0v) is 28.7. The Kier molecular flexibility index (Phi) is 16.3. The largest absolute Gasteiger partial charge is 0.467 e. The molecule has 2 aliphatic rings. The van der Waals surface area contributed by atoms with Gasteiger partial charge in [-0.15, -0.1) is 0 Å². The first kappa shape index (κ1) is 39.5. The van der Waals surface area contributed by atoms with Gasteiger partial charge in [0.1, 0.15) is 37.1 Å². The minimum Gasteiger partial charge on any atom is -0.467 e. The summed E-state index contributed by atoms with van der Waals surface area (Å²) in [6.07, 6.45) is -6.94. The number of aliphatic hydroxyl groups is 1.